The van der Waals surface area contributed by atoms with Gasteiger partial charge < -0.3 is 0 Å². The first-order valence-electron chi connectivity index (χ1n) is 5.43. The fourth-order valence-corrected chi connectivity index (χ4v) is 3.03. The van der Waals surface area contributed by atoms with Crippen LogP contribution in [0, 0.1) is 5.82 Å². The fourth-order valence-electron chi connectivity index (χ4n) is 2.25. The quantitative estimate of drug-likeness (QED) is 0.539. The Kier molecular flexibility index (Phi) is 2.52. The van der Waals surface area contributed by atoms with Crippen molar-refractivity contribution >= 4 is 32.2 Å². The average molecular weight is 260 g/mol. The molecule has 0 atom stereocenters. The summed E-state index contributed by atoms with van der Waals surface area (Å²) in [7, 11) is -2.77. The van der Waals surface area contributed by atoms with Crippen LogP contribution in [-0.2, 0) is 10.7 Å². The Morgan fingerprint density at radius 1 is 0.722 bits per heavy atom. The molecule has 90 valence electrons. The number of benzene rings is 3. The van der Waals surface area contributed by atoms with Gasteiger partial charge in [-0.05, 0) is 0 Å². The van der Waals surface area contributed by atoms with Gasteiger partial charge in [0.2, 0.25) is 0 Å². The van der Waals surface area contributed by atoms with E-state index in [4.69, 9.17) is 0 Å². The maximum atomic E-state index is 14.3. The van der Waals surface area contributed by atoms with E-state index in [0.29, 0.717) is 21.5 Å². The molecule has 0 aliphatic rings. The van der Waals surface area contributed by atoms with E-state index < -0.39 is 10.7 Å². The van der Waals surface area contributed by atoms with Gasteiger partial charge in [0.15, 0.2) is 10.7 Å². The highest BCUT2D eigenvalue weighted by Gasteiger charge is 2.14. The molecular formula is C14H9FO2S. The van der Waals surface area contributed by atoms with E-state index in [2.05, 4.69) is 0 Å². The zero-order valence-electron chi connectivity index (χ0n) is 9.26. The molecule has 18 heavy (non-hydrogen) atoms. The summed E-state index contributed by atoms with van der Waals surface area (Å²) in [6, 6.07) is 13.3. The first kappa shape index (κ1) is 11.2. The molecule has 0 aliphatic carbocycles. The summed E-state index contributed by atoms with van der Waals surface area (Å²) in [4.78, 5) is 0.192. The molecule has 0 aliphatic heterocycles. The number of hydrogen-bond donors (Lipinski definition) is 1. The molecule has 3 rings (SSSR count). The lowest BCUT2D eigenvalue weighted by Gasteiger charge is -2.08. The summed E-state index contributed by atoms with van der Waals surface area (Å²) in [6.07, 6.45) is 0. The summed E-state index contributed by atoms with van der Waals surface area (Å²) < 4.78 is 37.2. The Bertz CT molecular complexity index is 773. The molecule has 0 N–H and O–H groups in total. The van der Waals surface area contributed by atoms with E-state index >= 15 is 0 Å². The van der Waals surface area contributed by atoms with Crippen LogP contribution in [0.2, 0.25) is 0 Å². The van der Waals surface area contributed by atoms with Gasteiger partial charge in [-0.15, -0.1) is 0 Å². The molecule has 0 radical (unpaired) electrons. The second kappa shape index (κ2) is 4.07. The lowest BCUT2D eigenvalue weighted by molar-refractivity contribution is 0.616. The largest absolute Gasteiger partial charge is 0.227 e. The Morgan fingerprint density at radius 2 is 1.11 bits per heavy atom. The van der Waals surface area contributed by atoms with Crippen LogP contribution in [0.5, 0.6) is 0 Å². The minimum absolute atomic E-state index is 0.192. The summed E-state index contributed by atoms with van der Waals surface area (Å²) >= 11 is 0. The van der Waals surface area contributed by atoms with E-state index in [1.807, 2.05) is 0 Å². The third-order valence-corrected chi connectivity index (χ3v) is 3.87. The van der Waals surface area contributed by atoms with Crippen LogP contribution in [0.3, 0.4) is 0 Å². The van der Waals surface area contributed by atoms with E-state index in [1.165, 1.54) is 0 Å². The van der Waals surface area contributed by atoms with Crippen molar-refractivity contribution in [1.29, 1.82) is 0 Å². The van der Waals surface area contributed by atoms with Crippen LogP contribution in [0.4, 0.5) is 4.39 Å². The van der Waals surface area contributed by atoms with Gasteiger partial charge >= 0.3 is 0 Å². The molecular weight excluding hydrogens is 251 g/mol. The van der Waals surface area contributed by atoms with Gasteiger partial charge in [0.25, 0.3) is 0 Å². The number of halogens is 1. The first-order chi connectivity index (χ1) is 8.70. The second-order valence-corrected chi connectivity index (χ2v) is 4.97. The molecule has 0 saturated carbocycles. The maximum Gasteiger partial charge on any atom is 0.169 e. The van der Waals surface area contributed by atoms with Crippen LogP contribution in [-0.4, -0.2) is 8.42 Å². The number of rotatable bonds is 1. The molecule has 0 aromatic heterocycles. The van der Waals surface area contributed by atoms with Gasteiger partial charge in [-0.2, -0.15) is 0 Å². The molecule has 3 aromatic carbocycles. The Morgan fingerprint density at radius 3 is 1.50 bits per heavy atom. The lowest BCUT2D eigenvalue weighted by atomic mass is 10.0. The monoisotopic (exact) mass is 260 g/mol. The third kappa shape index (κ3) is 1.49. The molecule has 4 heteroatoms. The molecule has 0 unspecified atom stereocenters. The van der Waals surface area contributed by atoms with Crippen LogP contribution >= 0.6 is 0 Å². The maximum absolute atomic E-state index is 14.3. The van der Waals surface area contributed by atoms with E-state index in [9.17, 15) is 12.8 Å². The molecule has 3 aromatic rings. The molecule has 0 saturated heterocycles. The van der Waals surface area contributed by atoms with Crippen molar-refractivity contribution in [3.8, 4) is 0 Å². The number of hydrogen-bond acceptors (Lipinski definition) is 2. The topological polar surface area (TPSA) is 34.1 Å². The molecule has 0 heterocycles. The zero-order valence-corrected chi connectivity index (χ0v) is 10.2. The van der Waals surface area contributed by atoms with Crippen LogP contribution < -0.4 is 0 Å². The van der Waals surface area contributed by atoms with Gasteiger partial charge in [-0.25, -0.2) is 12.8 Å². The van der Waals surface area contributed by atoms with Crippen molar-refractivity contribution in [3.63, 3.8) is 0 Å². The Balaban J connectivity index is 2.72. The smallest absolute Gasteiger partial charge is 0.169 e. The minimum Gasteiger partial charge on any atom is -0.227 e. The second-order valence-electron chi connectivity index (χ2n) is 4.01. The number of fused-ring (bicyclic) bond motifs is 2. The molecule has 0 fully saturated rings. The summed E-state index contributed by atoms with van der Waals surface area (Å²) in [6.45, 7) is 0. The summed E-state index contributed by atoms with van der Waals surface area (Å²) in [5.74, 6) is -0.373. The van der Waals surface area contributed by atoms with Crippen LogP contribution in [0.1, 0.15) is 0 Å². The highest BCUT2D eigenvalue weighted by Crippen LogP contribution is 2.32. The predicted octanol–water partition coefficient (Wildman–Crippen LogP) is 3.10. The van der Waals surface area contributed by atoms with Crippen molar-refractivity contribution in [2.45, 2.75) is 4.90 Å². The first-order valence-corrected chi connectivity index (χ1v) is 6.61. The third-order valence-electron chi connectivity index (χ3n) is 3.02. The SMILES string of the molecule is O=[SH](=O)c1c2ccccc2c(F)c2ccccc12. The van der Waals surface area contributed by atoms with Gasteiger partial charge in [-0.1, -0.05) is 48.5 Å². The Hall–Kier alpha value is -1.94. The van der Waals surface area contributed by atoms with Gasteiger partial charge in [-0.3, -0.25) is 0 Å². The highest BCUT2D eigenvalue weighted by molar-refractivity contribution is 7.73. The fraction of sp³-hybridized carbons (Fsp3) is 0. The van der Waals surface area contributed by atoms with Crippen molar-refractivity contribution in [2.24, 2.45) is 0 Å². The molecule has 0 bridgehead atoms. The van der Waals surface area contributed by atoms with E-state index in [-0.39, 0.29) is 10.7 Å². The zero-order chi connectivity index (χ0) is 12.7. The van der Waals surface area contributed by atoms with Crippen LogP contribution in [0.15, 0.2) is 53.4 Å². The van der Waals surface area contributed by atoms with Crippen molar-refractivity contribution in [3.05, 3.63) is 54.3 Å². The Labute approximate surface area is 105 Å². The van der Waals surface area contributed by atoms with Gasteiger partial charge in [0.05, 0.1) is 4.90 Å². The van der Waals surface area contributed by atoms with E-state index in [0.717, 1.165) is 0 Å². The number of thiol groups is 1. The van der Waals surface area contributed by atoms with Crippen molar-refractivity contribution in [1.82, 2.24) is 0 Å². The lowest BCUT2D eigenvalue weighted by Crippen LogP contribution is -1.91. The summed E-state index contributed by atoms with van der Waals surface area (Å²) in [5, 5.41) is 1.55. The molecule has 0 spiro atoms. The minimum atomic E-state index is -2.77. The van der Waals surface area contributed by atoms with Gasteiger partial charge in [0, 0.05) is 21.5 Å². The van der Waals surface area contributed by atoms with Gasteiger partial charge in [0.1, 0.15) is 5.82 Å². The van der Waals surface area contributed by atoms with E-state index in [1.54, 1.807) is 48.5 Å². The normalized spacial score (nSPS) is 11.4. The van der Waals surface area contributed by atoms with Crippen molar-refractivity contribution < 1.29 is 12.8 Å². The highest BCUT2D eigenvalue weighted by atomic mass is 32.2. The van der Waals surface area contributed by atoms with Crippen molar-refractivity contribution in [2.75, 3.05) is 0 Å². The molecule has 2 nitrogen and oxygen atoms in total. The average Bonchev–Trinajstić information content (AvgIpc) is 2.39. The molecule has 0 amide bonds. The predicted molar refractivity (Wildman–Crippen MR) is 70.0 cm³/mol. The standard InChI is InChI=1S/C14H9FO2S/c15-13-9-5-1-3-7-11(9)14(18(16)17)12-8-4-2-6-10(12)13/h1-8,18H. The summed E-state index contributed by atoms with van der Waals surface area (Å²) in [5.41, 5.74) is 0. The van der Waals surface area contributed by atoms with Crippen LogP contribution in [0.25, 0.3) is 21.5 Å².